The predicted molar refractivity (Wildman–Crippen MR) is 45.8 cm³/mol. The molecule has 0 aliphatic heterocycles. The number of rotatable bonds is 5. The molecule has 6 heteroatoms. The Kier molecular flexibility index (Phi) is 8.49. The summed E-state index contributed by atoms with van der Waals surface area (Å²) in [4.78, 5) is 0. The molecular formula is C5H13ClFNO2S. The first-order valence-electron chi connectivity index (χ1n) is 3.00. The van der Waals surface area contributed by atoms with Gasteiger partial charge in [0, 0.05) is 19.3 Å². The number of nitrogens with one attached hydrogen (secondary N) is 1. The Balaban J connectivity index is 0. The lowest BCUT2D eigenvalue weighted by Crippen LogP contribution is -2.24. The van der Waals surface area contributed by atoms with Crippen molar-refractivity contribution < 1.29 is 12.8 Å². The fourth-order valence-corrected chi connectivity index (χ4v) is 0.965. The number of alkyl halides is 1. The summed E-state index contributed by atoms with van der Waals surface area (Å²) >= 11 is 0. The van der Waals surface area contributed by atoms with Crippen molar-refractivity contribution in [3.63, 3.8) is 0 Å². The van der Waals surface area contributed by atoms with Gasteiger partial charge in [-0.1, -0.05) is 0 Å². The van der Waals surface area contributed by atoms with Gasteiger partial charge < -0.3 is 5.32 Å². The Labute approximate surface area is 72.7 Å². The summed E-state index contributed by atoms with van der Waals surface area (Å²) < 4.78 is 32.3. The molecule has 0 aromatic rings. The summed E-state index contributed by atoms with van der Waals surface area (Å²) in [5.41, 5.74) is 0. The second-order valence-corrected chi connectivity index (χ2v) is 4.33. The molecule has 0 unspecified atom stereocenters. The molecule has 0 fully saturated rings. The zero-order chi connectivity index (χ0) is 8.04. The predicted octanol–water partition coefficient (Wildman–Crippen LogP) is 0.0119. The van der Waals surface area contributed by atoms with Crippen LogP contribution in [0.4, 0.5) is 4.39 Å². The summed E-state index contributed by atoms with van der Waals surface area (Å²) in [6, 6.07) is 0. The van der Waals surface area contributed by atoms with Crippen molar-refractivity contribution in [1.82, 2.24) is 5.32 Å². The minimum absolute atomic E-state index is 0. The Morgan fingerprint density at radius 1 is 1.36 bits per heavy atom. The Morgan fingerprint density at radius 3 is 2.27 bits per heavy atom. The molecule has 0 bridgehead atoms. The van der Waals surface area contributed by atoms with Crippen LogP contribution in [0.2, 0.25) is 0 Å². The molecule has 0 spiro atoms. The smallest absolute Gasteiger partial charge is 0.148 e. The van der Waals surface area contributed by atoms with E-state index in [4.69, 9.17) is 0 Å². The van der Waals surface area contributed by atoms with E-state index in [1.807, 2.05) is 0 Å². The molecule has 0 radical (unpaired) electrons. The molecular weight excluding hydrogens is 193 g/mol. The van der Waals surface area contributed by atoms with Crippen LogP contribution in [-0.4, -0.2) is 40.2 Å². The van der Waals surface area contributed by atoms with Gasteiger partial charge in [0.05, 0.1) is 5.75 Å². The Bertz CT molecular complexity index is 171. The highest BCUT2D eigenvalue weighted by molar-refractivity contribution is 7.90. The van der Waals surface area contributed by atoms with Crippen molar-refractivity contribution in [3.8, 4) is 0 Å². The van der Waals surface area contributed by atoms with Crippen LogP contribution in [-0.2, 0) is 9.84 Å². The lowest BCUT2D eigenvalue weighted by atomic mass is 10.6. The van der Waals surface area contributed by atoms with Gasteiger partial charge in [-0.2, -0.15) is 0 Å². The molecule has 0 amide bonds. The average molecular weight is 206 g/mol. The van der Waals surface area contributed by atoms with E-state index < -0.39 is 16.5 Å². The van der Waals surface area contributed by atoms with Gasteiger partial charge in [0.25, 0.3) is 0 Å². The Hall–Kier alpha value is 0.130. The molecule has 3 nitrogen and oxygen atoms in total. The third-order valence-electron chi connectivity index (χ3n) is 0.921. The quantitative estimate of drug-likeness (QED) is 0.644. The maximum Gasteiger partial charge on any atom is 0.148 e. The second-order valence-electron chi connectivity index (χ2n) is 2.07. The van der Waals surface area contributed by atoms with Gasteiger partial charge >= 0.3 is 0 Å². The second kappa shape index (κ2) is 6.82. The molecule has 0 aromatic heterocycles. The van der Waals surface area contributed by atoms with Gasteiger partial charge in [0.15, 0.2) is 0 Å². The van der Waals surface area contributed by atoms with Crippen LogP contribution in [0.25, 0.3) is 0 Å². The lowest BCUT2D eigenvalue weighted by Gasteiger charge is -1.98. The normalized spacial score (nSPS) is 10.7. The van der Waals surface area contributed by atoms with Crippen LogP contribution in [0.15, 0.2) is 0 Å². The van der Waals surface area contributed by atoms with Crippen molar-refractivity contribution in [2.45, 2.75) is 0 Å². The van der Waals surface area contributed by atoms with Gasteiger partial charge in [-0.15, -0.1) is 12.4 Å². The van der Waals surface area contributed by atoms with Gasteiger partial charge in [-0.05, 0) is 0 Å². The van der Waals surface area contributed by atoms with E-state index >= 15 is 0 Å². The van der Waals surface area contributed by atoms with E-state index in [-0.39, 0.29) is 24.7 Å². The highest BCUT2D eigenvalue weighted by Gasteiger charge is 1.99. The Morgan fingerprint density at radius 2 is 1.91 bits per heavy atom. The van der Waals surface area contributed by atoms with Crippen LogP contribution in [0.1, 0.15) is 0 Å². The highest BCUT2D eigenvalue weighted by Crippen LogP contribution is 1.78. The fraction of sp³-hybridized carbons (Fsp3) is 1.00. The van der Waals surface area contributed by atoms with Crippen molar-refractivity contribution in [3.05, 3.63) is 0 Å². The van der Waals surface area contributed by atoms with Crippen molar-refractivity contribution >= 4 is 22.2 Å². The first-order valence-corrected chi connectivity index (χ1v) is 5.07. The number of hydrogen-bond donors (Lipinski definition) is 1. The maximum absolute atomic E-state index is 11.4. The van der Waals surface area contributed by atoms with Crippen molar-refractivity contribution in [2.24, 2.45) is 0 Å². The summed E-state index contributed by atoms with van der Waals surface area (Å²) in [5.74, 6) is 0.0764. The van der Waals surface area contributed by atoms with Crippen LogP contribution < -0.4 is 5.32 Å². The number of sulfone groups is 1. The molecule has 0 atom stereocenters. The van der Waals surface area contributed by atoms with Crippen LogP contribution in [0.3, 0.4) is 0 Å². The lowest BCUT2D eigenvalue weighted by molar-refractivity contribution is 0.471. The largest absolute Gasteiger partial charge is 0.313 e. The zero-order valence-electron chi connectivity index (χ0n) is 6.34. The van der Waals surface area contributed by atoms with Gasteiger partial charge in [-0.25, -0.2) is 12.8 Å². The number of hydrogen-bond acceptors (Lipinski definition) is 3. The monoisotopic (exact) mass is 205 g/mol. The minimum atomic E-state index is -2.89. The van der Waals surface area contributed by atoms with Gasteiger partial charge in [0.2, 0.25) is 0 Å². The average Bonchev–Trinajstić information content (AvgIpc) is 1.78. The van der Waals surface area contributed by atoms with Crippen LogP contribution >= 0.6 is 12.4 Å². The topological polar surface area (TPSA) is 46.2 Å². The highest BCUT2D eigenvalue weighted by atomic mass is 35.5. The van der Waals surface area contributed by atoms with E-state index in [2.05, 4.69) is 5.32 Å². The third kappa shape index (κ3) is 13.2. The molecule has 0 aliphatic carbocycles. The maximum atomic E-state index is 11.4. The summed E-state index contributed by atoms with van der Waals surface area (Å²) in [7, 11) is -2.89. The van der Waals surface area contributed by atoms with Crippen LogP contribution in [0, 0.1) is 0 Å². The molecule has 0 heterocycles. The van der Waals surface area contributed by atoms with Crippen molar-refractivity contribution in [1.29, 1.82) is 0 Å². The van der Waals surface area contributed by atoms with Crippen molar-refractivity contribution in [2.75, 3.05) is 31.8 Å². The van der Waals surface area contributed by atoms with E-state index in [1.165, 1.54) is 0 Å². The molecule has 0 rings (SSSR count). The first-order chi connectivity index (χ1) is 4.56. The SMILES string of the molecule is CS(=O)(=O)CCNCCF.Cl. The molecule has 11 heavy (non-hydrogen) atoms. The van der Waals surface area contributed by atoms with E-state index in [1.54, 1.807) is 0 Å². The van der Waals surface area contributed by atoms with E-state index in [0.29, 0.717) is 6.54 Å². The molecule has 0 saturated carbocycles. The zero-order valence-corrected chi connectivity index (χ0v) is 7.97. The van der Waals surface area contributed by atoms with Gasteiger partial charge in [-0.3, -0.25) is 0 Å². The first kappa shape index (κ1) is 13.7. The summed E-state index contributed by atoms with van der Waals surface area (Å²) in [5, 5.41) is 2.64. The van der Waals surface area contributed by atoms with Crippen LogP contribution in [0.5, 0.6) is 0 Å². The molecule has 0 aliphatic rings. The minimum Gasteiger partial charge on any atom is -0.313 e. The van der Waals surface area contributed by atoms with E-state index in [9.17, 15) is 12.8 Å². The molecule has 0 aromatic carbocycles. The molecule has 0 saturated heterocycles. The third-order valence-corrected chi connectivity index (χ3v) is 1.87. The summed E-state index contributed by atoms with van der Waals surface area (Å²) in [6.45, 7) is 0.113. The van der Waals surface area contributed by atoms with E-state index in [0.717, 1.165) is 6.26 Å². The molecule has 1 N–H and O–H groups in total. The number of halogens is 2. The summed E-state index contributed by atoms with van der Waals surface area (Å²) in [6.07, 6.45) is 1.16. The molecule has 70 valence electrons. The fourth-order valence-electron chi connectivity index (χ4n) is 0.449. The van der Waals surface area contributed by atoms with Gasteiger partial charge in [0.1, 0.15) is 16.5 Å². The standard InChI is InChI=1S/C5H12FNO2S.ClH/c1-10(8,9)5-4-7-3-2-6;/h7H,2-5H2,1H3;1H.